The van der Waals surface area contributed by atoms with Gasteiger partial charge in [-0.3, -0.25) is 9.78 Å². The van der Waals surface area contributed by atoms with Gasteiger partial charge in [-0.25, -0.2) is 0 Å². The fourth-order valence-corrected chi connectivity index (χ4v) is 3.24. The van der Waals surface area contributed by atoms with Crippen molar-refractivity contribution in [1.82, 2.24) is 10.3 Å². The van der Waals surface area contributed by atoms with Gasteiger partial charge in [0, 0.05) is 15.3 Å². The molecule has 1 aromatic heterocycles. The van der Waals surface area contributed by atoms with Gasteiger partial charge in [0.2, 0.25) is 0 Å². The molecule has 0 spiro atoms. The Morgan fingerprint density at radius 3 is 2.03 bits per heavy atom. The van der Waals surface area contributed by atoms with Gasteiger partial charge in [0.15, 0.2) is 0 Å². The number of halogens is 7. The van der Waals surface area contributed by atoms with Crippen molar-refractivity contribution in [2.24, 2.45) is 0 Å². The van der Waals surface area contributed by atoms with E-state index in [4.69, 9.17) is 0 Å². The highest BCUT2D eigenvalue weighted by molar-refractivity contribution is 14.1. The summed E-state index contributed by atoms with van der Waals surface area (Å²) in [7, 11) is 0. The zero-order chi connectivity index (χ0) is 22.8. The molecule has 0 unspecified atom stereocenters. The average molecular weight is 550 g/mol. The number of carbonyl (C=O) groups excluding carboxylic acids is 1. The molecule has 1 amide bonds. The number of alkyl halides is 6. The third-order valence-electron chi connectivity index (χ3n) is 4.37. The van der Waals surface area contributed by atoms with Crippen molar-refractivity contribution in [1.29, 1.82) is 0 Å². The lowest BCUT2D eigenvalue weighted by molar-refractivity contribution is -0.139. The topological polar surface area (TPSA) is 42.0 Å². The van der Waals surface area contributed by atoms with Crippen LogP contribution in [0.5, 0.6) is 0 Å². The molecule has 0 aliphatic carbocycles. The molecule has 3 rings (SSSR count). The van der Waals surface area contributed by atoms with Crippen molar-refractivity contribution < 1.29 is 31.1 Å². The molecule has 0 bridgehead atoms. The lowest BCUT2D eigenvalue weighted by Gasteiger charge is -2.23. The average Bonchev–Trinajstić information content (AvgIpc) is 2.71. The molecule has 1 heterocycles. The van der Waals surface area contributed by atoms with E-state index in [-0.39, 0.29) is 11.1 Å². The van der Waals surface area contributed by atoms with E-state index >= 15 is 0 Å². The molecule has 3 nitrogen and oxygen atoms in total. The number of pyridine rings is 1. The predicted molar refractivity (Wildman–Crippen MR) is 109 cm³/mol. The maximum Gasteiger partial charge on any atom is 0.418 e. The molecule has 1 atom stereocenters. The lowest BCUT2D eigenvalue weighted by atomic mass is 9.97. The molecule has 31 heavy (non-hydrogen) atoms. The van der Waals surface area contributed by atoms with Crippen LogP contribution in [0.25, 0.3) is 0 Å². The highest BCUT2D eigenvalue weighted by atomic mass is 127. The molecule has 0 aliphatic heterocycles. The van der Waals surface area contributed by atoms with Gasteiger partial charge in [-0.2, -0.15) is 26.3 Å². The molecule has 0 saturated carbocycles. The van der Waals surface area contributed by atoms with Gasteiger partial charge in [-0.15, -0.1) is 0 Å². The summed E-state index contributed by atoms with van der Waals surface area (Å²) in [4.78, 5) is 16.5. The van der Waals surface area contributed by atoms with Gasteiger partial charge in [0.1, 0.15) is 0 Å². The minimum Gasteiger partial charge on any atom is -0.340 e. The van der Waals surface area contributed by atoms with E-state index in [0.717, 1.165) is 46.2 Å². The second-order valence-corrected chi connectivity index (χ2v) is 7.71. The number of carbonyl (C=O) groups is 1. The minimum atomic E-state index is -4.78. The summed E-state index contributed by atoms with van der Waals surface area (Å²) < 4.78 is 80.2. The van der Waals surface area contributed by atoms with Crippen LogP contribution in [-0.2, 0) is 12.4 Å². The lowest BCUT2D eigenvalue weighted by Crippen LogP contribution is -2.31. The molecule has 1 N–H and O–H groups in total. The number of benzene rings is 2. The SMILES string of the molecule is O=C(N[C@@H](c1ccc(C(F)(F)F)cc1)c1ncccc1C(F)(F)F)c1ccc(I)cc1. The molecular formula is C21H13F6IN2O. The van der Waals surface area contributed by atoms with Gasteiger partial charge in [0.05, 0.1) is 22.9 Å². The third kappa shape index (κ3) is 5.54. The first-order valence-corrected chi connectivity index (χ1v) is 9.80. The standard InChI is InChI=1S/C21H13F6IN2O/c22-20(23,24)14-7-3-12(4-8-14)17(18-16(21(25,26)27)2-1-11-29-18)30-19(31)13-5-9-15(28)10-6-13/h1-11,17H,(H,30,31)/t17-/m0/s1. The normalized spacial score (nSPS) is 13.0. The highest BCUT2D eigenvalue weighted by Crippen LogP contribution is 2.36. The Bertz CT molecular complexity index is 1060. The summed E-state index contributed by atoms with van der Waals surface area (Å²) in [5.41, 5.74) is -2.37. The van der Waals surface area contributed by atoms with Crippen molar-refractivity contribution >= 4 is 28.5 Å². The first-order chi connectivity index (χ1) is 14.5. The Morgan fingerprint density at radius 1 is 0.871 bits per heavy atom. The van der Waals surface area contributed by atoms with Crippen LogP contribution >= 0.6 is 22.6 Å². The summed E-state index contributed by atoms with van der Waals surface area (Å²) in [5, 5.41) is 2.47. The fourth-order valence-electron chi connectivity index (χ4n) is 2.88. The molecule has 162 valence electrons. The Labute approximate surface area is 186 Å². The van der Waals surface area contributed by atoms with Crippen molar-refractivity contribution in [3.8, 4) is 0 Å². The van der Waals surface area contributed by atoms with E-state index in [2.05, 4.69) is 10.3 Å². The van der Waals surface area contributed by atoms with Gasteiger partial charge in [-0.05, 0) is 76.7 Å². The Hall–Kier alpha value is -2.63. The van der Waals surface area contributed by atoms with Crippen LogP contribution in [0.1, 0.15) is 38.8 Å². The Morgan fingerprint density at radius 2 is 1.48 bits per heavy atom. The van der Waals surface area contributed by atoms with Crippen LogP contribution in [0.4, 0.5) is 26.3 Å². The monoisotopic (exact) mass is 550 g/mol. The number of rotatable bonds is 4. The molecule has 0 aliphatic rings. The Kier molecular flexibility index (Phi) is 6.58. The third-order valence-corrected chi connectivity index (χ3v) is 5.09. The van der Waals surface area contributed by atoms with Crippen LogP contribution in [0, 0.1) is 3.57 Å². The van der Waals surface area contributed by atoms with E-state index in [1.54, 1.807) is 12.1 Å². The van der Waals surface area contributed by atoms with Crippen LogP contribution in [-0.4, -0.2) is 10.9 Å². The zero-order valence-corrected chi connectivity index (χ0v) is 17.6. The van der Waals surface area contributed by atoms with Crippen molar-refractivity contribution in [3.05, 3.63) is 98.4 Å². The van der Waals surface area contributed by atoms with Gasteiger partial charge in [-0.1, -0.05) is 12.1 Å². The predicted octanol–water partition coefficient (Wildman–Crippen LogP) is 6.24. The van der Waals surface area contributed by atoms with Gasteiger partial charge >= 0.3 is 12.4 Å². The number of hydrogen-bond acceptors (Lipinski definition) is 2. The molecule has 0 fully saturated rings. The summed E-state index contributed by atoms with van der Waals surface area (Å²) in [6.45, 7) is 0. The number of hydrogen-bond donors (Lipinski definition) is 1. The number of nitrogens with zero attached hydrogens (tertiary/aromatic N) is 1. The van der Waals surface area contributed by atoms with Crippen LogP contribution in [0.2, 0.25) is 0 Å². The fraction of sp³-hybridized carbons (Fsp3) is 0.143. The maximum atomic E-state index is 13.5. The summed E-state index contributed by atoms with van der Waals surface area (Å²) in [6, 6.07) is 10.3. The largest absolute Gasteiger partial charge is 0.418 e. The summed E-state index contributed by atoms with van der Waals surface area (Å²) in [5.74, 6) is -0.694. The van der Waals surface area contributed by atoms with Crippen LogP contribution < -0.4 is 5.32 Å². The molecule has 0 radical (unpaired) electrons. The van der Waals surface area contributed by atoms with Gasteiger partial charge in [0.25, 0.3) is 5.91 Å². The summed E-state index contributed by atoms with van der Waals surface area (Å²) in [6.07, 6.45) is -8.26. The van der Waals surface area contributed by atoms with E-state index in [1.807, 2.05) is 22.6 Å². The number of nitrogens with one attached hydrogen (secondary N) is 1. The molecule has 0 saturated heterocycles. The molecule has 10 heteroatoms. The summed E-state index contributed by atoms with van der Waals surface area (Å²) >= 11 is 2.03. The second kappa shape index (κ2) is 8.85. The number of amides is 1. The van der Waals surface area contributed by atoms with Crippen molar-refractivity contribution in [2.75, 3.05) is 0 Å². The quantitative estimate of drug-likeness (QED) is 0.309. The van der Waals surface area contributed by atoms with E-state index in [9.17, 15) is 31.1 Å². The van der Waals surface area contributed by atoms with Crippen molar-refractivity contribution in [2.45, 2.75) is 18.4 Å². The maximum absolute atomic E-state index is 13.5. The highest BCUT2D eigenvalue weighted by Gasteiger charge is 2.37. The molecule has 3 aromatic rings. The van der Waals surface area contributed by atoms with Gasteiger partial charge < -0.3 is 5.32 Å². The van der Waals surface area contributed by atoms with E-state index < -0.39 is 41.1 Å². The smallest absolute Gasteiger partial charge is 0.340 e. The van der Waals surface area contributed by atoms with Crippen LogP contribution in [0.3, 0.4) is 0 Å². The first kappa shape index (κ1) is 23.0. The molecule has 2 aromatic carbocycles. The molecular weight excluding hydrogens is 537 g/mol. The first-order valence-electron chi connectivity index (χ1n) is 8.72. The van der Waals surface area contributed by atoms with Crippen LogP contribution in [0.15, 0.2) is 66.9 Å². The minimum absolute atomic E-state index is 0.0241. The Balaban J connectivity index is 2.07. The van der Waals surface area contributed by atoms with E-state index in [1.165, 1.54) is 12.1 Å². The van der Waals surface area contributed by atoms with E-state index in [0.29, 0.717) is 0 Å². The number of aromatic nitrogens is 1. The van der Waals surface area contributed by atoms with Crippen molar-refractivity contribution in [3.63, 3.8) is 0 Å². The zero-order valence-electron chi connectivity index (χ0n) is 15.4. The second-order valence-electron chi connectivity index (χ2n) is 6.47.